The molecule has 0 bridgehead atoms. The highest BCUT2D eigenvalue weighted by Gasteiger charge is 2.14. The van der Waals surface area contributed by atoms with E-state index in [2.05, 4.69) is 30.5 Å². The van der Waals surface area contributed by atoms with Gasteiger partial charge in [0, 0.05) is 23.7 Å². The molecular weight excluding hydrogens is 404 g/mol. The summed E-state index contributed by atoms with van der Waals surface area (Å²) in [5.74, 6) is 0.827. The zero-order valence-electron chi connectivity index (χ0n) is 18.4. The van der Waals surface area contributed by atoms with Crippen molar-refractivity contribution in [3.8, 4) is 0 Å². The van der Waals surface area contributed by atoms with Crippen LogP contribution in [0.15, 0.2) is 74.5 Å². The second-order valence-electron chi connectivity index (χ2n) is 8.11. The van der Waals surface area contributed by atoms with Crippen LogP contribution in [0.4, 0.5) is 5.69 Å². The fourth-order valence-corrected chi connectivity index (χ4v) is 3.86. The summed E-state index contributed by atoms with van der Waals surface area (Å²) in [6.07, 6.45) is 1.57. The number of benzene rings is 2. The number of aryl methyl sites for hydroxylation is 1. The van der Waals surface area contributed by atoms with Gasteiger partial charge in [0.1, 0.15) is 11.3 Å². The average Bonchev–Trinajstić information content (AvgIpc) is 3.29. The Morgan fingerprint density at radius 1 is 1.03 bits per heavy atom. The highest BCUT2D eigenvalue weighted by molar-refractivity contribution is 5.99. The molecule has 6 heteroatoms. The Kier molecular flexibility index (Phi) is 6.12. The molecule has 164 valence electrons. The smallest absolute Gasteiger partial charge is 0.336 e. The topological polar surface area (TPSA) is 84.5 Å². The van der Waals surface area contributed by atoms with Crippen molar-refractivity contribution >= 4 is 22.6 Å². The minimum atomic E-state index is -0.393. The van der Waals surface area contributed by atoms with Crippen molar-refractivity contribution in [1.82, 2.24) is 5.32 Å². The lowest BCUT2D eigenvalue weighted by Gasteiger charge is -2.15. The Bertz CT molecular complexity index is 1300. The third-order valence-corrected chi connectivity index (χ3v) is 5.48. The number of carbonyl (C=O) groups excluding carboxylic acids is 1. The number of hydrogen-bond donors (Lipinski definition) is 2. The van der Waals surface area contributed by atoms with Gasteiger partial charge in [0.15, 0.2) is 0 Å². The van der Waals surface area contributed by atoms with E-state index in [9.17, 15) is 9.59 Å². The molecule has 0 fully saturated rings. The highest BCUT2D eigenvalue weighted by atomic mass is 16.4. The Labute approximate surface area is 186 Å². The van der Waals surface area contributed by atoms with Crippen molar-refractivity contribution in [2.24, 2.45) is 0 Å². The molecule has 2 aromatic heterocycles. The normalized spacial score (nSPS) is 11.1. The summed E-state index contributed by atoms with van der Waals surface area (Å²) in [5, 5.41) is 7.08. The molecule has 1 amide bonds. The van der Waals surface area contributed by atoms with Crippen LogP contribution in [-0.4, -0.2) is 5.91 Å². The molecule has 0 spiro atoms. The van der Waals surface area contributed by atoms with Crippen molar-refractivity contribution in [2.75, 3.05) is 5.32 Å². The number of amides is 1. The molecule has 4 rings (SSSR count). The highest BCUT2D eigenvalue weighted by Crippen LogP contribution is 2.27. The lowest BCUT2D eigenvalue weighted by Crippen LogP contribution is -2.23. The SMILES string of the molecule is Cc1cc2oc(=O)cc(CNc3ccccc3C(=O)NCc3ccco3)c2cc1C(C)C. The zero-order chi connectivity index (χ0) is 22.7. The van der Waals surface area contributed by atoms with Crippen LogP contribution < -0.4 is 16.3 Å². The van der Waals surface area contributed by atoms with E-state index in [-0.39, 0.29) is 5.91 Å². The first-order valence-electron chi connectivity index (χ1n) is 10.6. The lowest BCUT2D eigenvalue weighted by molar-refractivity contribution is 0.0949. The van der Waals surface area contributed by atoms with Crippen LogP contribution in [0.3, 0.4) is 0 Å². The molecule has 0 aliphatic rings. The molecule has 2 aromatic carbocycles. The number of nitrogens with one attached hydrogen (secondary N) is 2. The Morgan fingerprint density at radius 3 is 2.59 bits per heavy atom. The zero-order valence-corrected chi connectivity index (χ0v) is 18.4. The number of furan rings is 1. The minimum absolute atomic E-state index is 0.209. The summed E-state index contributed by atoms with van der Waals surface area (Å²) in [6, 6.07) is 16.4. The van der Waals surface area contributed by atoms with E-state index in [1.54, 1.807) is 18.4 Å². The van der Waals surface area contributed by atoms with Crippen LogP contribution in [0.2, 0.25) is 0 Å². The molecule has 0 saturated heterocycles. The Hall–Kier alpha value is -3.80. The van der Waals surface area contributed by atoms with Crippen LogP contribution in [0.5, 0.6) is 0 Å². The standard InChI is InChI=1S/C26H26N2O4/c1-16(2)21-13-22-18(12-25(29)32-24(22)11-17(21)3)14-27-23-9-5-4-8-20(23)26(30)28-15-19-7-6-10-31-19/h4-13,16,27H,14-15H2,1-3H3,(H,28,30). The fraction of sp³-hybridized carbons (Fsp3) is 0.231. The van der Waals surface area contributed by atoms with Gasteiger partial charge in [-0.15, -0.1) is 0 Å². The lowest BCUT2D eigenvalue weighted by atomic mass is 9.95. The van der Waals surface area contributed by atoms with Gasteiger partial charge in [-0.2, -0.15) is 0 Å². The van der Waals surface area contributed by atoms with Gasteiger partial charge in [-0.05, 0) is 65.9 Å². The third-order valence-electron chi connectivity index (χ3n) is 5.48. The van der Waals surface area contributed by atoms with Gasteiger partial charge >= 0.3 is 5.63 Å². The van der Waals surface area contributed by atoms with E-state index in [1.807, 2.05) is 37.3 Å². The first-order chi connectivity index (χ1) is 15.4. The van der Waals surface area contributed by atoms with E-state index in [0.717, 1.165) is 16.5 Å². The van der Waals surface area contributed by atoms with E-state index >= 15 is 0 Å². The first-order valence-corrected chi connectivity index (χ1v) is 10.6. The summed E-state index contributed by atoms with van der Waals surface area (Å²) in [4.78, 5) is 24.9. The Morgan fingerprint density at radius 2 is 1.84 bits per heavy atom. The predicted molar refractivity (Wildman–Crippen MR) is 125 cm³/mol. The number of hydrogen-bond acceptors (Lipinski definition) is 5. The summed E-state index contributed by atoms with van der Waals surface area (Å²) >= 11 is 0. The van der Waals surface area contributed by atoms with Crippen LogP contribution in [0.25, 0.3) is 11.0 Å². The molecule has 32 heavy (non-hydrogen) atoms. The van der Waals surface area contributed by atoms with Gasteiger partial charge in [0.05, 0.1) is 18.4 Å². The largest absolute Gasteiger partial charge is 0.467 e. The van der Waals surface area contributed by atoms with Gasteiger partial charge < -0.3 is 19.5 Å². The molecule has 0 atom stereocenters. The number of carbonyl (C=O) groups is 1. The third kappa shape index (κ3) is 4.59. The minimum Gasteiger partial charge on any atom is -0.467 e. The molecule has 2 N–H and O–H groups in total. The summed E-state index contributed by atoms with van der Waals surface area (Å²) in [5.41, 5.74) is 4.51. The van der Waals surface area contributed by atoms with Crippen molar-refractivity contribution in [3.05, 3.63) is 99.3 Å². The van der Waals surface area contributed by atoms with E-state index < -0.39 is 5.63 Å². The van der Waals surface area contributed by atoms with Crippen molar-refractivity contribution in [1.29, 1.82) is 0 Å². The maximum atomic E-state index is 12.7. The summed E-state index contributed by atoms with van der Waals surface area (Å²) < 4.78 is 10.7. The maximum absolute atomic E-state index is 12.7. The van der Waals surface area contributed by atoms with Gasteiger partial charge in [0.2, 0.25) is 0 Å². The van der Waals surface area contributed by atoms with E-state index in [4.69, 9.17) is 8.83 Å². The summed E-state index contributed by atoms with van der Waals surface area (Å²) in [7, 11) is 0. The molecule has 0 aliphatic carbocycles. The molecule has 2 heterocycles. The van der Waals surface area contributed by atoms with E-state index in [0.29, 0.717) is 41.6 Å². The molecule has 0 radical (unpaired) electrons. The van der Waals surface area contributed by atoms with Gasteiger partial charge in [-0.25, -0.2) is 4.79 Å². The number of anilines is 1. The monoisotopic (exact) mass is 430 g/mol. The predicted octanol–water partition coefficient (Wildman–Crippen LogP) is 5.36. The Balaban J connectivity index is 1.59. The van der Waals surface area contributed by atoms with Crippen LogP contribution in [-0.2, 0) is 13.1 Å². The van der Waals surface area contributed by atoms with Crippen LogP contribution >= 0.6 is 0 Å². The van der Waals surface area contributed by atoms with Crippen LogP contribution in [0.1, 0.15) is 52.6 Å². The van der Waals surface area contributed by atoms with Crippen molar-refractivity contribution in [3.63, 3.8) is 0 Å². The maximum Gasteiger partial charge on any atom is 0.336 e. The van der Waals surface area contributed by atoms with Gasteiger partial charge in [0.25, 0.3) is 5.91 Å². The quantitative estimate of drug-likeness (QED) is 0.386. The van der Waals surface area contributed by atoms with E-state index in [1.165, 1.54) is 11.6 Å². The molecule has 0 saturated carbocycles. The second-order valence-corrected chi connectivity index (χ2v) is 8.11. The number of para-hydroxylation sites is 1. The van der Waals surface area contributed by atoms with Gasteiger partial charge in [-0.3, -0.25) is 4.79 Å². The summed E-state index contributed by atoms with van der Waals surface area (Å²) in [6.45, 7) is 7.00. The second kappa shape index (κ2) is 9.14. The van der Waals surface area contributed by atoms with Crippen molar-refractivity contribution < 1.29 is 13.6 Å². The molecule has 0 unspecified atom stereocenters. The number of fused-ring (bicyclic) bond motifs is 1. The molecular formula is C26H26N2O4. The van der Waals surface area contributed by atoms with Crippen LogP contribution in [0, 0.1) is 6.92 Å². The van der Waals surface area contributed by atoms with Gasteiger partial charge in [-0.1, -0.05) is 26.0 Å². The molecule has 4 aromatic rings. The average molecular weight is 431 g/mol. The van der Waals surface area contributed by atoms with Crippen molar-refractivity contribution in [2.45, 2.75) is 39.8 Å². The molecule has 6 nitrogen and oxygen atoms in total. The first kappa shape index (κ1) is 21.4. The number of rotatable bonds is 7. The fourth-order valence-electron chi connectivity index (χ4n) is 3.86. The molecule has 0 aliphatic heterocycles.